The van der Waals surface area contributed by atoms with E-state index in [4.69, 9.17) is 9.47 Å². The van der Waals surface area contributed by atoms with Crippen LogP contribution >= 0.6 is 0 Å². The number of carbonyl (C=O) groups excluding carboxylic acids is 1. The van der Waals surface area contributed by atoms with Crippen molar-refractivity contribution in [3.63, 3.8) is 0 Å². The smallest absolute Gasteiger partial charge is 0.319 e. The van der Waals surface area contributed by atoms with Crippen molar-refractivity contribution < 1.29 is 14.3 Å². The molecule has 1 aromatic rings. The molecule has 0 saturated carbocycles. The number of urea groups is 1. The van der Waals surface area contributed by atoms with E-state index in [0.29, 0.717) is 25.0 Å². The van der Waals surface area contributed by atoms with Crippen molar-refractivity contribution in [2.45, 2.75) is 20.3 Å². The summed E-state index contributed by atoms with van der Waals surface area (Å²) in [4.78, 5) is 11.8. The van der Waals surface area contributed by atoms with Crippen molar-refractivity contribution in [1.29, 1.82) is 0 Å². The number of anilines is 1. The van der Waals surface area contributed by atoms with Gasteiger partial charge in [-0.05, 0) is 36.6 Å². The molecule has 0 aromatic heterocycles. The predicted octanol–water partition coefficient (Wildman–Crippen LogP) is 2.88. The lowest BCUT2D eigenvalue weighted by molar-refractivity contribution is 0.185. The SMILES string of the molecule is CC(C)COc1ccc(NC(=O)NC[C@@H]2CCOC2)cc1. The lowest BCUT2D eigenvalue weighted by Crippen LogP contribution is -2.33. The van der Waals surface area contributed by atoms with Crippen LogP contribution in [0.3, 0.4) is 0 Å². The van der Waals surface area contributed by atoms with E-state index in [-0.39, 0.29) is 6.03 Å². The lowest BCUT2D eigenvalue weighted by atomic mass is 10.1. The highest BCUT2D eigenvalue weighted by molar-refractivity contribution is 5.89. The molecule has 5 heteroatoms. The van der Waals surface area contributed by atoms with Crippen molar-refractivity contribution in [2.75, 3.05) is 31.7 Å². The fourth-order valence-corrected chi connectivity index (χ4v) is 2.05. The summed E-state index contributed by atoms with van der Waals surface area (Å²) in [6.45, 7) is 7.09. The Morgan fingerprint density at radius 2 is 2.14 bits per heavy atom. The quantitative estimate of drug-likeness (QED) is 0.847. The number of rotatable bonds is 6. The Hall–Kier alpha value is -1.75. The van der Waals surface area contributed by atoms with E-state index >= 15 is 0 Å². The Morgan fingerprint density at radius 1 is 1.38 bits per heavy atom. The molecule has 0 radical (unpaired) electrons. The van der Waals surface area contributed by atoms with Crippen molar-refractivity contribution in [2.24, 2.45) is 11.8 Å². The minimum absolute atomic E-state index is 0.183. The summed E-state index contributed by atoms with van der Waals surface area (Å²) in [5, 5.41) is 5.68. The van der Waals surface area contributed by atoms with Crippen LogP contribution in [0.1, 0.15) is 20.3 Å². The molecule has 1 heterocycles. The number of hydrogen-bond donors (Lipinski definition) is 2. The Morgan fingerprint density at radius 3 is 2.76 bits per heavy atom. The van der Waals surface area contributed by atoms with Crippen molar-refractivity contribution in [3.05, 3.63) is 24.3 Å². The third-order valence-electron chi connectivity index (χ3n) is 3.27. The Bertz CT molecular complexity index is 439. The average molecular weight is 292 g/mol. The van der Waals surface area contributed by atoms with Gasteiger partial charge in [0.1, 0.15) is 5.75 Å². The molecule has 2 rings (SSSR count). The highest BCUT2D eigenvalue weighted by Gasteiger charge is 2.16. The highest BCUT2D eigenvalue weighted by Crippen LogP contribution is 2.16. The summed E-state index contributed by atoms with van der Waals surface area (Å²) < 4.78 is 10.9. The van der Waals surface area contributed by atoms with Crippen LogP contribution in [0.5, 0.6) is 5.75 Å². The third-order valence-corrected chi connectivity index (χ3v) is 3.27. The van der Waals surface area contributed by atoms with Crippen molar-refractivity contribution in [1.82, 2.24) is 5.32 Å². The van der Waals surface area contributed by atoms with Crippen LogP contribution in [0, 0.1) is 11.8 Å². The minimum Gasteiger partial charge on any atom is -0.493 e. The number of carbonyl (C=O) groups is 1. The normalized spacial score (nSPS) is 17.8. The Balaban J connectivity index is 1.72. The molecule has 1 fully saturated rings. The standard InChI is InChI=1S/C16H24N2O3/c1-12(2)10-21-15-5-3-14(4-6-15)18-16(19)17-9-13-7-8-20-11-13/h3-6,12-13H,7-11H2,1-2H3,(H2,17,18,19)/t13-/m0/s1. The molecule has 0 aliphatic carbocycles. The van der Waals surface area contributed by atoms with Gasteiger partial charge in [0.25, 0.3) is 0 Å². The van der Waals surface area contributed by atoms with Crippen LogP contribution in [0.2, 0.25) is 0 Å². The van der Waals surface area contributed by atoms with Gasteiger partial charge in [-0.25, -0.2) is 4.79 Å². The van der Waals surface area contributed by atoms with Crippen molar-refractivity contribution >= 4 is 11.7 Å². The summed E-state index contributed by atoms with van der Waals surface area (Å²) in [7, 11) is 0. The van der Waals surface area contributed by atoms with Gasteiger partial charge in [-0.3, -0.25) is 0 Å². The molecule has 116 valence electrons. The van der Waals surface area contributed by atoms with Crippen LogP contribution in [-0.4, -0.2) is 32.4 Å². The lowest BCUT2D eigenvalue weighted by Gasteiger charge is -2.12. The summed E-state index contributed by atoms with van der Waals surface area (Å²) >= 11 is 0. The van der Waals surface area contributed by atoms with Gasteiger partial charge in [-0.2, -0.15) is 0 Å². The van der Waals surface area contributed by atoms with Gasteiger partial charge in [0.05, 0.1) is 13.2 Å². The van der Waals surface area contributed by atoms with Gasteiger partial charge in [-0.1, -0.05) is 13.8 Å². The monoisotopic (exact) mass is 292 g/mol. The maximum absolute atomic E-state index is 11.8. The number of hydrogen-bond acceptors (Lipinski definition) is 3. The fraction of sp³-hybridized carbons (Fsp3) is 0.562. The number of benzene rings is 1. The van der Waals surface area contributed by atoms with E-state index in [1.165, 1.54) is 0 Å². The molecular formula is C16H24N2O3. The average Bonchev–Trinajstić information content (AvgIpc) is 2.98. The summed E-state index contributed by atoms with van der Waals surface area (Å²) in [6.07, 6.45) is 1.02. The maximum atomic E-state index is 11.8. The van der Waals surface area contributed by atoms with E-state index in [1.807, 2.05) is 24.3 Å². The van der Waals surface area contributed by atoms with E-state index in [1.54, 1.807) is 0 Å². The second-order valence-corrected chi connectivity index (χ2v) is 5.79. The van der Waals surface area contributed by atoms with Gasteiger partial charge in [-0.15, -0.1) is 0 Å². The van der Waals surface area contributed by atoms with Gasteiger partial charge in [0.15, 0.2) is 0 Å². The molecule has 2 amide bonds. The first-order valence-corrected chi connectivity index (χ1v) is 7.49. The molecule has 1 aromatic carbocycles. The Kier molecular flexibility index (Phi) is 5.87. The summed E-state index contributed by atoms with van der Waals surface area (Å²) in [5.74, 6) is 1.74. The van der Waals surface area contributed by atoms with E-state index in [2.05, 4.69) is 24.5 Å². The molecule has 0 spiro atoms. The highest BCUT2D eigenvalue weighted by atomic mass is 16.5. The predicted molar refractivity (Wildman–Crippen MR) is 82.7 cm³/mol. The molecule has 1 aliphatic heterocycles. The van der Waals surface area contributed by atoms with E-state index in [0.717, 1.165) is 31.1 Å². The molecule has 5 nitrogen and oxygen atoms in total. The maximum Gasteiger partial charge on any atom is 0.319 e. The van der Waals surface area contributed by atoms with Gasteiger partial charge in [0.2, 0.25) is 0 Å². The van der Waals surface area contributed by atoms with Gasteiger partial charge < -0.3 is 20.1 Å². The fourth-order valence-electron chi connectivity index (χ4n) is 2.05. The molecule has 0 unspecified atom stereocenters. The summed E-state index contributed by atoms with van der Waals surface area (Å²) in [6, 6.07) is 7.23. The second kappa shape index (κ2) is 7.88. The molecule has 1 atom stereocenters. The van der Waals surface area contributed by atoms with Crippen LogP contribution in [0.4, 0.5) is 10.5 Å². The topological polar surface area (TPSA) is 59.6 Å². The van der Waals surface area contributed by atoms with Gasteiger partial charge >= 0.3 is 6.03 Å². The molecule has 0 bridgehead atoms. The van der Waals surface area contributed by atoms with E-state index < -0.39 is 0 Å². The number of amides is 2. The first-order chi connectivity index (χ1) is 10.1. The minimum atomic E-state index is -0.183. The molecule has 1 saturated heterocycles. The zero-order chi connectivity index (χ0) is 15.1. The zero-order valence-electron chi connectivity index (χ0n) is 12.7. The van der Waals surface area contributed by atoms with Crippen LogP contribution in [0.15, 0.2) is 24.3 Å². The number of nitrogens with one attached hydrogen (secondary N) is 2. The summed E-state index contributed by atoms with van der Waals surface area (Å²) in [5.41, 5.74) is 0.757. The third kappa shape index (κ3) is 5.63. The molecular weight excluding hydrogens is 268 g/mol. The Labute approximate surface area is 126 Å². The first kappa shape index (κ1) is 15.6. The van der Waals surface area contributed by atoms with E-state index in [9.17, 15) is 4.79 Å². The van der Waals surface area contributed by atoms with Crippen LogP contribution in [0.25, 0.3) is 0 Å². The largest absolute Gasteiger partial charge is 0.493 e. The van der Waals surface area contributed by atoms with Crippen molar-refractivity contribution in [3.8, 4) is 5.75 Å². The molecule has 2 N–H and O–H groups in total. The molecule has 21 heavy (non-hydrogen) atoms. The molecule has 1 aliphatic rings. The van der Waals surface area contributed by atoms with Gasteiger partial charge in [0, 0.05) is 24.8 Å². The number of ether oxygens (including phenoxy) is 2. The van der Waals surface area contributed by atoms with Crippen LogP contribution < -0.4 is 15.4 Å². The van der Waals surface area contributed by atoms with Crippen LogP contribution in [-0.2, 0) is 4.74 Å². The first-order valence-electron chi connectivity index (χ1n) is 7.49. The zero-order valence-corrected chi connectivity index (χ0v) is 12.7. The second-order valence-electron chi connectivity index (χ2n) is 5.79.